The van der Waals surface area contributed by atoms with Crippen LogP contribution in [0.1, 0.15) is 28.8 Å². The first-order valence-corrected chi connectivity index (χ1v) is 6.68. The van der Waals surface area contributed by atoms with Crippen LogP contribution in [0.15, 0.2) is 24.5 Å². The van der Waals surface area contributed by atoms with Crippen molar-refractivity contribution in [1.82, 2.24) is 9.55 Å². The minimum atomic E-state index is 0.0808. The molecule has 0 saturated carbocycles. The molecule has 0 aliphatic heterocycles. The smallest absolute Gasteiger partial charge is 0.192 e. The minimum absolute atomic E-state index is 0.0808. The molecule has 0 spiro atoms. The number of hydrogen-bond acceptors (Lipinski definition) is 3. The standard InChI is InChI=1S/C12H13ClN2OS/c1-2-3-12-14-6-7-15(12)8-9(16)10-4-5-11(13)17-10/h4-7H,2-3,8H2,1H3. The Morgan fingerprint density at radius 3 is 3.00 bits per heavy atom. The second kappa shape index (κ2) is 5.47. The quantitative estimate of drug-likeness (QED) is 0.779. The molecule has 90 valence electrons. The maximum atomic E-state index is 12.0. The Kier molecular flexibility index (Phi) is 3.97. The third kappa shape index (κ3) is 2.96. The fourth-order valence-corrected chi connectivity index (χ4v) is 2.61. The molecule has 0 N–H and O–H groups in total. The van der Waals surface area contributed by atoms with Gasteiger partial charge in [0.05, 0.1) is 15.8 Å². The molecule has 2 aromatic rings. The number of carbonyl (C=O) groups is 1. The van der Waals surface area contributed by atoms with E-state index in [9.17, 15) is 4.79 Å². The molecule has 2 aromatic heterocycles. The molecule has 2 heterocycles. The zero-order valence-electron chi connectivity index (χ0n) is 9.52. The van der Waals surface area contributed by atoms with Crippen molar-refractivity contribution in [1.29, 1.82) is 0 Å². The highest BCUT2D eigenvalue weighted by molar-refractivity contribution is 7.18. The average molecular weight is 269 g/mol. The molecular weight excluding hydrogens is 256 g/mol. The number of rotatable bonds is 5. The zero-order valence-corrected chi connectivity index (χ0v) is 11.1. The van der Waals surface area contributed by atoms with Gasteiger partial charge in [-0.25, -0.2) is 4.98 Å². The Balaban J connectivity index is 2.10. The van der Waals surface area contributed by atoms with Crippen LogP contribution >= 0.6 is 22.9 Å². The second-order valence-corrected chi connectivity index (χ2v) is 5.46. The van der Waals surface area contributed by atoms with Crippen LogP contribution in [0, 0.1) is 0 Å². The van der Waals surface area contributed by atoms with Gasteiger partial charge in [-0.2, -0.15) is 0 Å². The number of imidazole rings is 1. The number of carbonyl (C=O) groups excluding carboxylic acids is 1. The van der Waals surface area contributed by atoms with Crippen molar-refractivity contribution in [2.45, 2.75) is 26.3 Å². The maximum Gasteiger partial charge on any atom is 0.192 e. The summed E-state index contributed by atoms with van der Waals surface area (Å²) in [5.74, 6) is 1.04. The Bertz CT molecular complexity index is 518. The lowest BCUT2D eigenvalue weighted by Crippen LogP contribution is -2.11. The van der Waals surface area contributed by atoms with E-state index in [0.717, 1.165) is 18.7 Å². The summed E-state index contributed by atoms with van der Waals surface area (Å²) < 4.78 is 2.55. The monoisotopic (exact) mass is 268 g/mol. The Morgan fingerprint density at radius 2 is 2.35 bits per heavy atom. The number of ketones is 1. The van der Waals surface area contributed by atoms with Crippen molar-refractivity contribution in [3.63, 3.8) is 0 Å². The first-order valence-electron chi connectivity index (χ1n) is 5.49. The van der Waals surface area contributed by atoms with Crippen molar-refractivity contribution in [2.24, 2.45) is 0 Å². The third-order valence-corrected chi connectivity index (χ3v) is 3.71. The van der Waals surface area contributed by atoms with Crippen molar-refractivity contribution >= 4 is 28.7 Å². The van der Waals surface area contributed by atoms with Crippen LogP contribution in [0.4, 0.5) is 0 Å². The molecule has 0 bridgehead atoms. The van der Waals surface area contributed by atoms with Gasteiger partial charge in [-0.1, -0.05) is 18.5 Å². The predicted molar refractivity (Wildman–Crippen MR) is 69.9 cm³/mol. The number of aryl methyl sites for hydroxylation is 1. The summed E-state index contributed by atoms with van der Waals surface area (Å²) in [6.07, 6.45) is 5.50. The molecule has 5 heteroatoms. The SMILES string of the molecule is CCCc1nccn1CC(=O)c1ccc(Cl)s1. The van der Waals surface area contributed by atoms with Crippen molar-refractivity contribution < 1.29 is 4.79 Å². The van der Waals surface area contributed by atoms with Gasteiger partial charge in [0, 0.05) is 18.8 Å². The molecule has 0 aliphatic rings. The van der Waals surface area contributed by atoms with E-state index in [4.69, 9.17) is 11.6 Å². The molecule has 0 atom stereocenters. The number of Topliss-reactive ketones (excluding diaryl/α,β-unsaturated/α-hetero) is 1. The molecule has 0 radical (unpaired) electrons. The van der Waals surface area contributed by atoms with Gasteiger partial charge in [0.25, 0.3) is 0 Å². The average Bonchev–Trinajstić information content (AvgIpc) is 2.89. The molecule has 0 amide bonds. The van der Waals surface area contributed by atoms with Crippen molar-refractivity contribution in [3.05, 3.63) is 39.6 Å². The largest absolute Gasteiger partial charge is 0.327 e. The van der Waals surface area contributed by atoms with Crippen LogP contribution < -0.4 is 0 Å². The molecule has 0 aliphatic carbocycles. The summed E-state index contributed by atoms with van der Waals surface area (Å²) in [4.78, 5) is 16.9. The molecular formula is C12H13ClN2OS. The molecule has 17 heavy (non-hydrogen) atoms. The van der Waals surface area contributed by atoms with E-state index in [1.54, 1.807) is 18.3 Å². The number of aromatic nitrogens is 2. The Morgan fingerprint density at radius 1 is 1.53 bits per heavy atom. The van der Waals surface area contributed by atoms with Gasteiger partial charge in [0.2, 0.25) is 0 Å². The summed E-state index contributed by atoms with van der Waals surface area (Å²) in [5.41, 5.74) is 0. The summed E-state index contributed by atoms with van der Waals surface area (Å²) in [5, 5.41) is 0. The number of thiophene rings is 1. The molecule has 0 aromatic carbocycles. The van der Waals surface area contributed by atoms with E-state index in [0.29, 0.717) is 15.8 Å². The highest BCUT2D eigenvalue weighted by Gasteiger charge is 2.11. The van der Waals surface area contributed by atoms with Gasteiger partial charge < -0.3 is 4.57 Å². The summed E-state index contributed by atoms with van der Waals surface area (Å²) in [6.45, 7) is 2.44. The Hall–Kier alpha value is -1.13. The summed E-state index contributed by atoms with van der Waals surface area (Å²) in [6, 6.07) is 3.52. The second-order valence-electron chi connectivity index (χ2n) is 3.75. The first kappa shape index (κ1) is 12.3. The van der Waals surface area contributed by atoms with E-state index in [-0.39, 0.29) is 5.78 Å². The normalized spacial score (nSPS) is 10.7. The van der Waals surface area contributed by atoms with Crippen molar-refractivity contribution in [3.8, 4) is 0 Å². The lowest BCUT2D eigenvalue weighted by molar-refractivity contribution is 0.0975. The fourth-order valence-electron chi connectivity index (χ4n) is 1.63. The lowest BCUT2D eigenvalue weighted by atomic mass is 10.3. The lowest BCUT2D eigenvalue weighted by Gasteiger charge is -2.04. The van der Waals surface area contributed by atoms with Crippen LogP contribution in [0.5, 0.6) is 0 Å². The molecule has 3 nitrogen and oxygen atoms in total. The third-order valence-electron chi connectivity index (χ3n) is 2.44. The van der Waals surface area contributed by atoms with Gasteiger partial charge in [-0.15, -0.1) is 11.3 Å². The molecule has 0 unspecified atom stereocenters. The van der Waals surface area contributed by atoms with Crippen LogP contribution in [-0.4, -0.2) is 15.3 Å². The van der Waals surface area contributed by atoms with Crippen LogP contribution in [-0.2, 0) is 13.0 Å². The van der Waals surface area contributed by atoms with Gasteiger partial charge in [-0.05, 0) is 18.6 Å². The van der Waals surface area contributed by atoms with Crippen molar-refractivity contribution in [2.75, 3.05) is 0 Å². The minimum Gasteiger partial charge on any atom is -0.327 e. The molecule has 2 rings (SSSR count). The number of halogens is 1. The predicted octanol–water partition coefficient (Wildman–Crippen LogP) is 3.43. The van der Waals surface area contributed by atoms with Crippen LogP contribution in [0.25, 0.3) is 0 Å². The fraction of sp³-hybridized carbons (Fsp3) is 0.333. The molecule has 0 saturated heterocycles. The first-order chi connectivity index (χ1) is 8.20. The van der Waals surface area contributed by atoms with E-state index in [1.807, 2.05) is 10.8 Å². The van der Waals surface area contributed by atoms with E-state index in [2.05, 4.69) is 11.9 Å². The van der Waals surface area contributed by atoms with Gasteiger partial charge in [0.15, 0.2) is 5.78 Å². The summed E-state index contributed by atoms with van der Waals surface area (Å²) >= 11 is 7.13. The van der Waals surface area contributed by atoms with E-state index < -0.39 is 0 Å². The highest BCUT2D eigenvalue weighted by atomic mass is 35.5. The van der Waals surface area contributed by atoms with E-state index >= 15 is 0 Å². The number of nitrogens with zero attached hydrogens (tertiary/aromatic N) is 2. The van der Waals surface area contributed by atoms with E-state index in [1.165, 1.54) is 11.3 Å². The zero-order chi connectivity index (χ0) is 12.3. The van der Waals surface area contributed by atoms with Gasteiger partial charge >= 0.3 is 0 Å². The highest BCUT2D eigenvalue weighted by Crippen LogP contribution is 2.22. The molecule has 0 fully saturated rings. The van der Waals surface area contributed by atoms with Gasteiger partial charge in [-0.3, -0.25) is 4.79 Å². The topological polar surface area (TPSA) is 34.9 Å². The number of hydrogen-bond donors (Lipinski definition) is 0. The van der Waals surface area contributed by atoms with Crippen LogP contribution in [0.3, 0.4) is 0 Å². The Labute approximate surface area is 109 Å². The maximum absolute atomic E-state index is 12.0. The van der Waals surface area contributed by atoms with Gasteiger partial charge in [0.1, 0.15) is 5.82 Å². The summed E-state index contributed by atoms with van der Waals surface area (Å²) in [7, 11) is 0. The van der Waals surface area contributed by atoms with Crippen LogP contribution in [0.2, 0.25) is 4.34 Å².